The van der Waals surface area contributed by atoms with Gasteiger partial charge in [-0.25, -0.2) is 0 Å². The van der Waals surface area contributed by atoms with Gasteiger partial charge in [0.25, 0.3) is 5.91 Å². The summed E-state index contributed by atoms with van der Waals surface area (Å²) in [6, 6.07) is 6.50. The summed E-state index contributed by atoms with van der Waals surface area (Å²) in [4.78, 5) is 21.6. The van der Waals surface area contributed by atoms with E-state index in [4.69, 9.17) is 5.73 Å². The zero-order chi connectivity index (χ0) is 12.0. The van der Waals surface area contributed by atoms with Crippen molar-refractivity contribution in [2.75, 3.05) is 12.3 Å². The zero-order valence-corrected chi connectivity index (χ0v) is 11.7. The molecule has 1 amide bonds. The van der Waals surface area contributed by atoms with E-state index in [0.29, 0.717) is 24.2 Å². The van der Waals surface area contributed by atoms with Crippen LogP contribution in [0.25, 0.3) is 0 Å². The number of benzene rings is 1. The predicted octanol–water partition coefficient (Wildman–Crippen LogP) is -3.47. The Morgan fingerprint density at radius 1 is 1.24 bits per heavy atom. The van der Waals surface area contributed by atoms with Crippen molar-refractivity contribution in [2.45, 2.75) is 12.8 Å². The number of rotatable bonds is 5. The summed E-state index contributed by atoms with van der Waals surface area (Å²) >= 11 is 0. The van der Waals surface area contributed by atoms with Gasteiger partial charge in [0, 0.05) is 23.8 Å². The Kier molecular flexibility index (Phi) is 7.61. The predicted molar refractivity (Wildman–Crippen MR) is 57.4 cm³/mol. The molecule has 6 heteroatoms. The molecule has 0 saturated heterocycles. The maximum Gasteiger partial charge on any atom is 1.00 e. The van der Waals surface area contributed by atoms with Crippen LogP contribution in [0, 0.1) is 0 Å². The fourth-order valence-corrected chi connectivity index (χ4v) is 1.17. The van der Waals surface area contributed by atoms with Crippen molar-refractivity contribution in [3.05, 3.63) is 29.8 Å². The molecule has 1 aromatic carbocycles. The minimum absolute atomic E-state index is 0. The van der Waals surface area contributed by atoms with E-state index in [0.717, 1.165) is 0 Å². The van der Waals surface area contributed by atoms with Crippen LogP contribution in [0.4, 0.5) is 5.69 Å². The number of amides is 1. The van der Waals surface area contributed by atoms with E-state index < -0.39 is 5.97 Å². The molecule has 0 aromatic heterocycles. The number of nitrogens with one attached hydrogen (secondary N) is 1. The fraction of sp³-hybridized carbons (Fsp3) is 0.273. The Hall–Kier alpha value is -1.04. The number of nitrogens with two attached hydrogens (primary N) is 1. The first-order valence-electron chi connectivity index (χ1n) is 4.93. The number of carboxylic acid groups (broad SMARTS) is 1. The van der Waals surface area contributed by atoms with E-state index >= 15 is 0 Å². The van der Waals surface area contributed by atoms with Gasteiger partial charge in [0.2, 0.25) is 0 Å². The van der Waals surface area contributed by atoms with Crippen LogP contribution in [0.2, 0.25) is 0 Å². The summed E-state index contributed by atoms with van der Waals surface area (Å²) in [6.45, 7) is 0.317. The number of anilines is 1. The molecule has 0 unspecified atom stereocenters. The molecule has 1 rings (SSSR count). The van der Waals surface area contributed by atoms with Crippen LogP contribution in [-0.2, 0) is 4.79 Å². The van der Waals surface area contributed by atoms with Crippen LogP contribution in [0.1, 0.15) is 23.2 Å². The number of nitrogen functional groups attached to an aromatic ring is 1. The quantitative estimate of drug-likeness (QED) is 0.319. The molecule has 0 heterocycles. The van der Waals surface area contributed by atoms with Gasteiger partial charge < -0.3 is 21.0 Å². The van der Waals surface area contributed by atoms with Crippen LogP contribution < -0.4 is 45.7 Å². The van der Waals surface area contributed by atoms with Gasteiger partial charge in [-0.15, -0.1) is 0 Å². The topological polar surface area (TPSA) is 95.2 Å². The molecule has 0 aliphatic carbocycles. The average Bonchev–Trinajstić information content (AvgIpc) is 2.25. The van der Waals surface area contributed by atoms with Crippen LogP contribution in [-0.4, -0.2) is 18.4 Å². The van der Waals surface area contributed by atoms with E-state index in [1.807, 2.05) is 0 Å². The number of carbonyl (C=O) groups is 2. The molecular formula is C11H13N2NaO3. The van der Waals surface area contributed by atoms with Gasteiger partial charge in [0.15, 0.2) is 0 Å². The number of carbonyl (C=O) groups excluding carboxylic acids is 2. The van der Waals surface area contributed by atoms with Gasteiger partial charge in [0.05, 0.1) is 0 Å². The van der Waals surface area contributed by atoms with Crippen molar-refractivity contribution in [1.82, 2.24) is 5.32 Å². The molecular weight excluding hydrogens is 231 g/mol. The summed E-state index contributed by atoms with van der Waals surface area (Å²) in [6.07, 6.45) is 0.311. The van der Waals surface area contributed by atoms with Gasteiger partial charge in [-0.3, -0.25) is 4.79 Å². The molecule has 3 N–H and O–H groups in total. The first-order valence-corrected chi connectivity index (χ1v) is 4.93. The van der Waals surface area contributed by atoms with E-state index in [9.17, 15) is 14.7 Å². The summed E-state index contributed by atoms with van der Waals surface area (Å²) < 4.78 is 0. The first-order chi connectivity index (χ1) is 7.59. The van der Waals surface area contributed by atoms with Crippen LogP contribution >= 0.6 is 0 Å². The molecule has 0 fully saturated rings. The van der Waals surface area contributed by atoms with Crippen molar-refractivity contribution < 1.29 is 44.3 Å². The van der Waals surface area contributed by atoms with Crippen molar-refractivity contribution in [3.63, 3.8) is 0 Å². The largest absolute Gasteiger partial charge is 1.00 e. The van der Waals surface area contributed by atoms with E-state index in [1.165, 1.54) is 0 Å². The first kappa shape index (κ1) is 16.0. The molecule has 0 bridgehead atoms. The second-order valence-electron chi connectivity index (χ2n) is 3.35. The normalized spacial score (nSPS) is 9.18. The summed E-state index contributed by atoms with van der Waals surface area (Å²) in [7, 11) is 0. The van der Waals surface area contributed by atoms with E-state index in [1.54, 1.807) is 24.3 Å². The third-order valence-electron chi connectivity index (χ3n) is 2.02. The smallest absolute Gasteiger partial charge is 0.550 e. The monoisotopic (exact) mass is 244 g/mol. The third-order valence-corrected chi connectivity index (χ3v) is 2.02. The molecule has 0 saturated carbocycles. The summed E-state index contributed by atoms with van der Waals surface area (Å²) in [5.41, 5.74) is 6.57. The summed E-state index contributed by atoms with van der Waals surface area (Å²) in [5, 5.41) is 12.7. The van der Waals surface area contributed by atoms with Crippen LogP contribution in [0.5, 0.6) is 0 Å². The molecule has 0 spiro atoms. The minimum atomic E-state index is -1.11. The Labute approximate surface area is 122 Å². The Bertz CT molecular complexity index is 379. The second kappa shape index (κ2) is 8.11. The standard InChI is InChI=1S/C11H14N2O3.Na/c12-9-5-3-8(4-6-9)11(16)13-7-1-2-10(14)15;/h3-6H,1-2,7,12H2,(H,13,16)(H,14,15);/q;+1/p-1. The molecule has 1 aromatic rings. The fourth-order valence-electron chi connectivity index (χ4n) is 1.17. The molecule has 5 nitrogen and oxygen atoms in total. The molecule has 0 aliphatic rings. The maximum absolute atomic E-state index is 11.5. The van der Waals surface area contributed by atoms with Gasteiger partial charge in [-0.05, 0) is 37.1 Å². The molecule has 0 atom stereocenters. The van der Waals surface area contributed by atoms with Crippen LogP contribution in [0.3, 0.4) is 0 Å². The van der Waals surface area contributed by atoms with Crippen molar-refractivity contribution in [1.29, 1.82) is 0 Å². The number of carboxylic acids is 1. The second-order valence-corrected chi connectivity index (χ2v) is 3.35. The van der Waals surface area contributed by atoms with Crippen molar-refractivity contribution in [2.24, 2.45) is 0 Å². The molecule has 0 aliphatic heterocycles. The number of hydrogen-bond acceptors (Lipinski definition) is 4. The Balaban J connectivity index is 0.00000256. The minimum Gasteiger partial charge on any atom is -0.550 e. The van der Waals surface area contributed by atoms with Gasteiger partial charge >= 0.3 is 29.6 Å². The maximum atomic E-state index is 11.5. The number of hydrogen-bond donors (Lipinski definition) is 2. The average molecular weight is 244 g/mol. The van der Waals surface area contributed by atoms with Gasteiger partial charge in [-0.2, -0.15) is 0 Å². The van der Waals surface area contributed by atoms with Crippen molar-refractivity contribution in [3.8, 4) is 0 Å². The molecule has 86 valence electrons. The van der Waals surface area contributed by atoms with E-state index in [-0.39, 0.29) is 41.9 Å². The van der Waals surface area contributed by atoms with Crippen LogP contribution in [0.15, 0.2) is 24.3 Å². The van der Waals surface area contributed by atoms with Gasteiger partial charge in [0.1, 0.15) is 0 Å². The Morgan fingerprint density at radius 3 is 2.35 bits per heavy atom. The van der Waals surface area contributed by atoms with E-state index in [2.05, 4.69) is 5.32 Å². The Morgan fingerprint density at radius 2 is 1.82 bits per heavy atom. The van der Waals surface area contributed by atoms with Crippen molar-refractivity contribution >= 4 is 17.6 Å². The molecule has 17 heavy (non-hydrogen) atoms. The zero-order valence-electron chi connectivity index (χ0n) is 9.73. The van der Waals surface area contributed by atoms with Gasteiger partial charge in [-0.1, -0.05) is 0 Å². The molecule has 0 radical (unpaired) electrons. The SMILES string of the molecule is Nc1ccc(C(=O)NCCCC(=O)[O-])cc1.[Na+]. The summed E-state index contributed by atoms with van der Waals surface area (Å²) in [5.74, 6) is -1.35. The third kappa shape index (κ3) is 6.31. The number of aliphatic carboxylic acids is 1.